The molecular weight excluding hydrogens is 411 g/mol. The van der Waals surface area contributed by atoms with Gasteiger partial charge in [-0.25, -0.2) is 27.9 Å². The number of aromatic nitrogens is 4. The lowest BCUT2D eigenvalue weighted by atomic mass is 10.1. The second-order valence-electron chi connectivity index (χ2n) is 7.44. The molecular formula is C19H23FN6O3S. The zero-order chi connectivity index (χ0) is 22.1. The van der Waals surface area contributed by atoms with E-state index in [1.165, 1.54) is 12.1 Å². The highest BCUT2D eigenvalue weighted by Crippen LogP contribution is 2.28. The van der Waals surface area contributed by atoms with Crippen LogP contribution in [0, 0.1) is 5.82 Å². The zero-order valence-electron chi connectivity index (χ0n) is 16.8. The van der Waals surface area contributed by atoms with Gasteiger partial charge in [-0.05, 0) is 38.0 Å². The summed E-state index contributed by atoms with van der Waals surface area (Å²) in [6, 6.07) is 3.56. The van der Waals surface area contributed by atoms with Gasteiger partial charge in [0.05, 0.1) is 29.7 Å². The number of anilines is 2. The van der Waals surface area contributed by atoms with Crippen LogP contribution in [-0.2, 0) is 23.0 Å². The van der Waals surface area contributed by atoms with Crippen molar-refractivity contribution in [3.63, 3.8) is 0 Å². The van der Waals surface area contributed by atoms with Crippen molar-refractivity contribution in [1.29, 1.82) is 0 Å². The number of benzene rings is 1. The number of nitrogens with one attached hydrogen (secondary N) is 1. The summed E-state index contributed by atoms with van der Waals surface area (Å²) < 4.78 is 39.5. The van der Waals surface area contributed by atoms with Crippen LogP contribution in [0.5, 0.6) is 0 Å². The van der Waals surface area contributed by atoms with Crippen LogP contribution < -0.4 is 10.5 Å². The molecule has 3 rings (SSSR count). The SMILES string of the molecule is CCc1cnc(Nc2c(F)cccc2S(N)(=O)=O)nc1-c1cnn(CC(C)(C)O)c1. The third-order valence-corrected chi connectivity index (χ3v) is 5.17. The second kappa shape index (κ2) is 8.09. The predicted molar refractivity (Wildman–Crippen MR) is 110 cm³/mol. The fraction of sp³-hybridized carbons (Fsp3) is 0.316. The van der Waals surface area contributed by atoms with Crippen LogP contribution in [0.4, 0.5) is 16.0 Å². The van der Waals surface area contributed by atoms with Gasteiger partial charge in [0.2, 0.25) is 16.0 Å². The highest BCUT2D eigenvalue weighted by Gasteiger charge is 2.20. The molecule has 0 fully saturated rings. The van der Waals surface area contributed by atoms with E-state index in [9.17, 15) is 17.9 Å². The molecule has 11 heteroatoms. The maximum atomic E-state index is 14.3. The summed E-state index contributed by atoms with van der Waals surface area (Å²) in [7, 11) is -4.16. The Balaban J connectivity index is 2.01. The van der Waals surface area contributed by atoms with Crippen LogP contribution in [0.25, 0.3) is 11.3 Å². The highest BCUT2D eigenvalue weighted by atomic mass is 32.2. The van der Waals surface area contributed by atoms with E-state index in [0.29, 0.717) is 17.7 Å². The number of nitrogens with zero attached hydrogens (tertiary/aromatic N) is 4. The predicted octanol–water partition coefficient (Wildman–Crippen LogP) is 2.20. The normalized spacial score (nSPS) is 12.2. The van der Waals surface area contributed by atoms with Gasteiger partial charge in [-0.2, -0.15) is 5.10 Å². The number of aliphatic hydroxyl groups is 1. The van der Waals surface area contributed by atoms with Gasteiger partial charge in [0.15, 0.2) is 0 Å². The van der Waals surface area contributed by atoms with Crippen molar-refractivity contribution in [3.8, 4) is 11.3 Å². The van der Waals surface area contributed by atoms with Crippen molar-refractivity contribution in [2.75, 3.05) is 5.32 Å². The van der Waals surface area contributed by atoms with Gasteiger partial charge in [0, 0.05) is 18.0 Å². The Bertz CT molecular complexity index is 1170. The molecule has 0 bridgehead atoms. The topological polar surface area (TPSA) is 136 Å². The molecule has 30 heavy (non-hydrogen) atoms. The molecule has 0 saturated carbocycles. The molecule has 4 N–H and O–H groups in total. The molecule has 0 spiro atoms. The lowest BCUT2D eigenvalue weighted by Gasteiger charge is -2.16. The summed E-state index contributed by atoms with van der Waals surface area (Å²) in [5, 5.41) is 22.1. The molecule has 0 atom stereocenters. The maximum Gasteiger partial charge on any atom is 0.240 e. The Morgan fingerprint density at radius 3 is 2.67 bits per heavy atom. The van der Waals surface area contributed by atoms with E-state index < -0.39 is 26.3 Å². The minimum atomic E-state index is -4.16. The Hall–Kier alpha value is -2.89. The first-order chi connectivity index (χ1) is 14.0. The smallest absolute Gasteiger partial charge is 0.240 e. The van der Waals surface area contributed by atoms with E-state index >= 15 is 0 Å². The molecule has 0 unspecified atom stereocenters. The van der Waals surface area contributed by atoms with E-state index in [4.69, 9.17) is 5.14 Å². The van der Waals surface area contributed by atoms with Crippen LogP contribution in [0.1, 0.15) is 26.3 Å². The monoisotopic (exact) mass is 434 g/mol. The summed E-state index contributed by atoms with van der Waals surface area (Å²) >= 11 is 0. The number of aryl methyl sites for hydroxylation is 1. The second-order valence-corrected chi connectivity index (χ2v) is 8.97. The average molecular weight is 434 g/mol. The zero-order valence-corrected chi connectivity index (χ0v) is 17.6. The van der Waals surface area contributed by atoms with E-state index in [1.807, 2.05) is 6.92 Å². The van der Waals surface area contributed by atoms with Crippen LogP contribution in [0.15, 0.2) is 41.7 Å². The van der Waals surface area contributed by atoms with Crippen molar-refractivity contribution < 1.29 is 17.9 Å². The summed E-state index contributed by atoms with van der Waals surface area (Å²) in [4.78, 5) is 8.21. The minimum Gasteiger partial charge on any atom is -0.389 e. The number of hydrogen-bond donors (Lipinski definition) is 3. The molecule has 1 aromatic carbocycles. The fourth-order valence-electron chi connectivity index (χ4n) is 2.92. The third kappa shape index (κ3) is 4.99. The van der Waals surface area contributed by atoms with E-state index in [2.05, 4.69) is 20.4 Å². The molecule has 2 aromatic heterocycles. The molecule has 2 heterocycles. The van der Waals surface area contributed by atoms with Crippen LogP contribution >= 0.6 is 0 Å². The number of hydrogen-bond acceptors (Lipinski definition) is 7. The molecule has 0 aliphatic rings. The molecule has 0 amide bonds. The quantitative estimate of drug-likeness (QED) is 0.518. The number of nitrogens with two attached hydrogens (primary N) is 1. The Labute approximate surface area is 173 Å². The van der Waals surface area contributed by atoms with Gasteiger partial charge in [0.1, 0.15) is 10.7 Å². The summed E-state index contributed by atoms with van der Waals surface area (Å²) in [5.74, 6) is -0.795. The van der Waals surface area contributed by atoms with Crippen LogP contribution in [-0.4, -0.2) is 38.9 Å². The van der Waals surface area contributed by atoms with E-state index in [0.717, 1.165) is 11.6 Å². The van der Waals surface area contributed by atoms with Gasteiger partial charge in [-0.15, -0.1) is 0 Å². The molecule has 0 aliphatic heterocycles. The average Bonchev–Trinajstić information content (AvgIpc) is 3.08. The standard InChI is InChI=1S/C19H23FN6O3S/c1-4-12-8-22-18(25-17-14(20)6-5-7-15(17)30(21,28)29)24-16(12)13-9-23-26(10-13)11-19(2,3)27/h5-10,27H,4,11H2,1-3H3,(H2,21,28,29)(H,22,24,25). The van der Waals surface area contributed by atoms with E-state index in [-0.39, 0.29) is 18.2 Å². The lowest BCUT2D eigenvalue weighted by Crippen LogP contribution is -2.26. The van der Waals surface area contributed by atoms with Crippen LogP contribution in [0.3, 0.4) is 0 Å². The molecule has 160 valence electrons. The minimum absolute atomic E-state index is 0.00689. The first kappa shape index (κ1) is 21.8. The third-order valence-electron chi connectivity index (χ3n) is 4.22. The van der Waals surface area contributed by atoms with E-state index in [1.54, 1.807) is 37.1 Å². The number of rotatable bonds is 7. The molecule has 9 nitrogen and oxygen atoms in total. The van der Waals surface area contributed by atoms with Crippen molar-refractivity contribution in [3.05, 3.63) is 48.2 Å². The number of para-hydroxylation sites is 1. The summed E-state index contributed by atoms with van der Waals surface area (Å²) in [6.07, 6.45) is 5.56. The van der Waals surface area contributed by atoms with Crippen molar-refractivity contribution >= 4 is 21.7 Å². The Kier molecular flexibility index (Phi) is 5.88. The Morgan fingerprint density at radius 2 is 2.03 bits per heavy atom. The Morgan fingerprint density at radius 1 is 1.30 bits per heavy atom. The molecule has 0 aliphatic carbocycles. The van der Waals surface area contributed by atoms with Gasteiger partial charge in [-0.3, -0.25) is 4.68 Å². The lowest BCUT2D eigenvalue weighted by molar-refractivity contribution is 0.0577. The number of sulfonamides is 1. The van der Waals surface area contributed by atoms with Gasteiger partial charge in [-0.1, -0.05) is 13.0 Å². The maximum absolute atomic E-state index is 14.3. The largest absolute Gasteiger partial charge is 0.389 e. The fourth-order valence-corrected chi connectivity index (χ4v) is 3.62. The number of primary sulfonamides is 1. The first-order valence-corrected chi connectivity index (χ1v) is 10.7. The van der Waals surface area contributed by atoms with Crippen LogP contribution in [0.2, 0.25) is 0 Å². The van der Waals surface area contributed by atoms with Crippen molar-refractivity contribution in [2.45, 2.75) is 44.2 Å². The first-order valence-electron chi connectivity index (χ1n) is 9.17. The van der Waals surface area contributed by atoms with Gasteiger partial charge >= 0.3 is 0 Å². The van der Waals surface area contributed by atoms with Crippen molar-refractivity contribution in [2.24, 2.45) is 5.14 Å². The summed E-state index contributed by atoms with van der Waals surface area (Å²) in [5.41, 5.74) is 0.799. The van der Waals surface area contributed by atoms with Gasteiger partial charge in [0.25, 0.3) is 0 Å². The molecule has 3 aromatic rings. The highest BCUT2D eigenvalue weighted by molar-refractivity contribution is 7.89. The van der Waals surface area contributed by atoms with Crippen molar-refractivity contribution in [1.82, 2.24) is 19.7 Å². The van der Waals surface area contributed by atoms with Gasteiger partial charge < -0.3 is 10.4 Å². The number of halogens is 1. The molecule has 0 saturated heterocycles. The molecule has 0 radical (unpaired) electrons. The summed E-state index contributed by atoms with van der Waals surface area (Å²) in [6.45, 7) is 5.58.